The Hall–Kier alpha value is -2.58. The molecule has 1 fully saturated rings. The zero-order chi connectivity index (χ0) is 20.5. The van der Waals surface area contributed by atoms with Gasteiger partial charge in [0.15, 0.2) is 0 Å². The Morgan fingerprint density at radius 1 is 1.43 bits per heavy atom. The zero-order valence-corrected chi connectivity index (χ0v) is 16.7. The highest BCUT2D eigenvalue weighted by molar-refractivity contribution is 6.08. The quantitative estimate of drug-likeness (QED) is 0.553. The molecule has 3 rings (SSSR count). The minimum absolute atomic E-state index is 0.0796. The lowest BCUT2D eigenvalue weighted by atomic mass is 10.1. The van der Waals surface area contributed by atoms with Crippen LogP contribution in [0.3, 0.4) is 0 Å². The van der Waals surface area contributed by atoms with Crippen LogP contribution < -0.4 is 16.6 Å². The van der Waals surface area contributed by atoms with Crippen molar-refractivity contribution in [1.82, 2.24) is 14.5 Å². The summed E-state index contributed by atoms with van der Waals surface area (Å²) >= 11 is 0. The lowest BCUT2D eigenvalue weighted by Gasteiger charge is -2.19. The molecule has 0 atom stereocenters. The second-order valence-electron chi connectivity index (χ2n) is 8.09. The molecule has 0 aliphatic heterocycles. The number of quaternary nitrogens is 1. The first-order valence-corrected chi connectivity index (χ1v) is 9.67. The van der Waals surface area contributed by atoms with Gasteiger partial charge in [-0.25, -0.2) is 4.98 Å². The Morgan fingerprint density at radius 3 is 2.71 bits per heavy atom. The van der Waals surface area contributed by atoms with Crippen LogP contribution in [0, 0.1) is 12.3 Å². The first kappa shape index (κ1) is 20.2. The summed E-state index contributed by atoms with van der Waals surface area (Å²) in [5.74, 6) is 0.158. The topological polar surface area (TPSA) is 134 Å². The molecule has 2 aromatic heterocycles. The minimum Gasteiger partial charge on any atom is -0.385 e. The molecule has 2 aromatic rings. The maximum atomic E-state index is 13.4. The second-order valence-corrected chi connectivity index (χ2v) is 8.09. The fourth-order valence-electron chi connectivity index (χ4n) is 3.77. The van der Waals surface area contributed by atoms with Crippen molar-refractivity contribution in [2.45, 2.75) is 58.1 Å². The third-order valence-electron chi connectivity index (χ3n) is 5.17. The van der Waals surface area contributed by atoms with E-state index in [1.54, 1.807) is 36.0 Å². The van der Waals surface area contributed by atoms with Gasteiger partial charge >= 0.3 is 0 Å². The predicted octanol–water partition coefficient (Wildman–Crippen LogP) is 1.12. The molecule has 0 saturated heterocycles. The molecule has 28 heavy (non-hydrogen) atoms. The predicted molar refractivity (Wildman–Crippen MR) is 110 cm³/mol. The van der Waals surface area contributed by atoms with Crippen LogP contribution >= 0.6 is 0 Å². The number of aryl methyl sites for hydroxylation is 1. The second kappa shape index (κ2) is 7.81. The normalized spacial score (nSPS) is 16.1. The van der Waals surface area contributed by atoms with Crippen molar-refractivity contribution in [3.05, 3.63) is 33.9 Å². The molecule has 6 N–H and O–H groups in total. The van der Waals surface area contributed by atoms with Crippen LogP contribution in [0.2, 0.25) is 0 Å². The molecule has 0 spiro atoms. The summed E-state index contributed by atoms with van der Waals surface area (Å²) in [5, 5.41) is 20.3. The molecule has 0 radical (unpaired) electrons. The van der Waals surface area contributed by atoms with E-state index in [1.165, 1.54) is 6.21 Å². The number of allylic oxidation sites excluding steroid dienone is 1. The van der Waals surface area contributed by atoms with E-state index in [-0.39, 0.29) is 17.5 Å². The number of rotatable bonds is 6. The summed E-state index contributed by atoms with van der Waals surface area (Å²) in [6.45, 7) is 5.71. The standard InChI is InChI=1S/C20H28N6O2/c1-12-15-8-16(13(9-21)10-23-11-20(2,3)28)18(27)26(14-6-4-5-7-14)17(15)25-19(22)24-12/h8-10,14,21,23,28H,4-7,11H2,1-3H3,(H2,22,24,25)/p+1/b13-10+,21-9?. The number of aliphatic hydroxyl groups is 1. The molecule has 8 nitrogen and oxygen atoms in total. The van der Waals surface area contributed by atoms with Crippen LogP contribution in [0.1, 0.15) is 56.8 Å². The highest BCUT2D eigenvalue weighted by Crippen LogP contribution is 2.31. The van der Waals surface area contributed by atoms with Crippen molar-refractivity contribution in [3.63, 3.8) is 0 Å². The van der Waals surface area contributed by atoms with Gasteiger partial charge < -0.3 is 21.6 Å². The largest absolute Gasteiger partial charge is 0.385 e. The van der Waals surface area contributed by atoms with Crippen LogP contribution in [0.5, 0.6) is 0 Å². The highest BCUT2D eigenvalue weighted by Gasteiger charge is 2.24. The van der Waals surface area contributed by atoms with Crippen LogP contribution in [0.15, 0.2) is 17.1 Å². The average molecular weight is 385 g/mol. The lowest BCUT2D eigenvalue weighted by molar-refractivity contribution is -0.601. The summed E-state index contributed by atoms with van der Waals surface area (Å²) in [7, 11) is 0. The van der Waals surface area contributed by atoms with Crippen LogP contribution in [-0.2, 0) is 0 Å². The first-order valence-electron chi connectivity index (χ1n) is 9.67. The van der Waals surface area contributed by atoms with Gasteiger partial charge in [-0.3, -0.25) is 9.36 Å². The van der Waals surface area contributed by atoms with E-state index < -0.39 is 5.60 Å². The molecule has 8 heteroatoms. The van der Waals surface area contributed by atoms with Crippen LogP contribution in [0.25, 0.3) is 16.6 Å². The molecule has 0 aromatic carbocycles. The van der Waals surface area contributed by atoms with Crippen molar-refractivity contribution < 1.29 is 10.4 Å². The average Bonchev–Trinajstić information content (AvgIpc) is 3.12. The number of nitrogens with zero attached hydrogens (tertiary/aromatic N) is 3. The summed E-state index contributed by atoms with van der Waals surface area (Å²) in [5.41, 5.74) is 7.06. The van der Waals surface area contributed by atoms with E-state index >= 15 is 0 Å². The number of pyridine rings is 1. The molecule has 150 valence electrons. The van der Waals surface area contributed by atoms with E-state index in [0.29, 0.717) is 29.0 Å². The van der Waals surface area contributed by atoms with E-state index in [9.17, 15) is 9.90 Å². The van der Waals surface area contributed by atoms with Gasteiger partial charge in [-0.2, -0.15) is 4.98 Å². The highest BCUT2D eigenvalue weighted by atomic mass is 16.3. The number of hydrogen-bond donors (Lipinski definition) is 4. The number of hydrogen-bond acceptors (Lipinski definition) is 6. The number of nitrogen functional groups attached to an aromatic ring is 1. The molecular weight excluding hydrogens is 356 g/mol. The van der Waals surface area contributed by atoms with Crippen molar-refractivity contribution in [3.8, 4) is 0 Å². The number of nitrogens with two attached hydrogens (primary N) is 2. The van der Waals surface area contributed by atoms with Crippen molar-refractivity contribution in [2.24, 2.45) is 0 Å². The molecule has 0 bridgehead atoms. The summed E-state index contributed by atoms with van der Waals surface area (Å²) in [6, 6.07) is 1.84. The first-order chi connectivity index (χ1) is 13.2. The maximum absolute atomic E-state index is 13.4. The number of fused-ring (bicyclic) bond motifs is 1. The summed E-state index contributed by atoms with van der Waals surface area (Å²) in [6.07, 6.45) is 6.91. The summed E-state index contributed by atoms with van der Waals surface area (Å²) in [4.78, 5) is 22.0. The van der Waals surface area contributed by atoms with Gasteiger partial charge in [-0.15, -0.1) is 0 Å². The zero-order valence-electron chi connectivity index (χ0n) is 16.7. The fourth-order valence-corrected chi connectivity index (χ4v) is 3.77. The molecule has 0 unspecified atom stereocenters. The third kappa shape index (κ3) is 4.13. The third-order valence-corrected chi connectivity index (χ3v) is 5.17. The maximum Gasteiger partial charge on any atom is 0.260 e. The van der Waals surface area contributed by atoms with Gasteiger partial charge in [0.2, 0.25) is 5.95 Å². The fraction of sp³-hybridized carbons (Fsp3) is 0.500. The van der Waals surface area contributed by atoms with Crippen LogP contribution in [0.4, 0.5) is 5.95 Å². The number of nitrogens with one attached hydrogen (secondary N) is 1. The molecule has 1 aliphatic rings. The molecule has 2 heterocycles. The van der Waals surface area contributed by atoms with Crippen molar-refractivity contribution in [2.75, 3.05) is 12.3 Å². The van der Waals surface area contributed by atoms with E-state index in [2.05, 4.69) is 9.97 Å². The monoisotopic (exact) mass is 385 g/mol. The minimum atomic E-state index is -0.848. The molecular formula is C20H29N6O2+. The number of anilines is 1. The van der Waals surface area contributed by atoms with Crippen molar-refractivity contribution >= 4 is 28.8 Å². The summed E-state index contributed by atoms with van der Waals surface area (Å²) < 4.78 is 1.75. The SMILES string of the molecule is Cc1nc(N)nc2c1cc(/C(C=N)=C/[NH2+]CC(C)(C)O)c(=O)n2C1CCCC1. The van der Waals surface area contributed by atoms with Gasteiger partial charge in [-0.05, 0) is 39.7 Å². The smallest absolute Gasteiger partial charge is 0.260 e. The number of aromatic nitrogens is 3. The lowest BCUT2D eigenvalue weighted by Crippen LogP contribution is -2.82. The van der Waals surface area contributed by atoms with Gasteiger partial charge in [0.25, 0.3) is 5.56 Å². The van der Waals surface area contributed by atoms with Gasteiger partial charge in [0.05, 0.1) is 16.8 Å². The van der Waals surface area contributed by atoms with Gasteiger partial charge in [0.1, 0.15) is 24.0 Å². The van der Waals surface area contributed by atoms with E-state index in [0.717, 1.165) is 31.1 Å². The molecule has 0 amide bonds. The van der Waals surface area contributed by atoms with Gasteiger partial charge in [0, 0.05) is 17.6 Å². The van der Waals surface area contributed by atoms with E-state index in [1.807, 2.05) is 6.92 Å². The van der Waals surface area contributed by atoms with E-state index in [4.69, 9.17) is 11.1 Å². The Bertz CT molecular complexity index is 981. The Balaban J connectivity index is 2.20. The van der Waals surface area contributed by atoms with Gasteiger partial charge in [-0.1, -0.05) is 12.8 Å². The van der Waals surface area contributed by atoms with Crippen molar-refractivity contribution in [1.29, 1.82) is 5.41 Å². The van der Waals surface area contributed by atoms with Crippen LogP contribution in [-0.4, -0.2) is 38.0 Å². The molecule has 1 aliphatic carbocycles. The Labute approximate surface area is 164 Å². The molecule has 1 saturated carbocycles. The Kier molecular flexibility index (Phi) is 5.62. The Morgan fingerprint density at radius 2 is 2.11 bits per heavy atom.